The van der Waals surface area contributed by atoms with Crippen molar-refractivity contribution in [2.45, 2.75) is 25.8 Å². The van der Waals surface area contributed by atoms with Crippen molar-refractivity contribution in [1.82, 2.24) is 4.98 Å². The van der Waals surface area contributed by atoms with E-state index in [9.17, 15) is 0 Å². The van der Waals surface area contributed by atoms with Gasteiger partial charge in [-0.1, -0.05) is 6.07 Å². The summed E-state index contributed by atoms with van der Waals surface area (Å²) in [5.74, 6) is 0.415. The highest BCUT2D eigenvalue weighted by Crippen LogP contribution is 2.11. The molecule has 0 amide bonds. The third-order valence-electron chi connectivity index (χ3n) is 1.93. The molecule has 1 heterocycles. The number of aromatic nitrogens is 1. The Morgan fingerprint density at radius 2 is 2.38 bits per heavy atom. The van der Waals surface area contributed by atoms with E-state index in [1.807, 2.05) is 26.0 Å². The topological polar surface area (TPSA) is 51.3 Å². The first-order chi connectivity index (χ1) is 7.69. The lowest BCUT2D eigenvalue weighted by Gasteiger charge is -2.07. The highest BCUT2D eigenvalue weighted by molar-refractivity contribution is 6.18. The Morgan fingerprint density at radius 3 is 2.94 bits per heavy atom. The Bertz CT molecular complexity index is 397. The minimum Gasteiger partial charge on any atom is -0.405 e. The maximum atomic E-state index is 5.86. The van der Waals surface area contributed by atoms with Gasteiger partial charge in [-0.15, -0.1) is 11.6 Å². The summed E-state index contributed by atoms with van der Waals surface area (Å²) in [6.45, 7) is 4.02. The first-order valence-corrected chi connectivity index (χ1v) is 5.68. The summed E-state index contributed by atoms with van der Waals surface area (Å²) in [7, 11) is 0. The molecular weight excluding hydrogens is 222 g/mol. The molecule has 16 heavy (non-hydrogen) atoms. The summed E-state index contributed by atoms with van der Waals surface area (Å²) >= 11 is 5.86. The molecule has 2 N–H and O–H groups in total. The monoisotopic (exact) mass is 237 g/mol. The molecule has 0 aromatic carbocycles. The van der Waals surface area contributed by atoms with Crippen LogP contribution in [0.5, 0.6) is 0 Å². The molecule has 1 aromatic rings. The van der Waals surface area contributed by atoms with E-state index in [0.29, 0.717) is 5.88 Å². The van der Waals surface area contributed by atoms with Crippen molar-refractivity contribution >= 4 is 17.3 Å². The van der Waals surface area contributed by atoms with Crippen LogP contribution >= 0.6 is 11.6 Å². The van der Waals surface area contributed by atoms with Crippen LogP contribution in [0.3, 0.4) is 0 Å². The zero-order valence-corrected chi connectivity index (χ0v) is 10.3. The van der Waals surface area contributed by atoms with Gasteiger partial charge in [0.2, 0.25) is 0 Å². The van der Waals surface area contributed by atoms with Gasteiger partial charge in [0.15, 0.2) is 0 Å². The minimum absolute atomic E-state index is 0.191. The third-order valence-corrected chi connectivity index (χ3v) is 2.22. The van der Waals surface area contributed by atoms with Gasteiger partial charge in [0.05, 0.1) is 11.4 Å². The molecule has 0 bridgehead atoms. The average Bonchev–Trinajstić information content (AvgIpc) is 2.28. The molecule has 0 atom stereocenters. The molecule has 1 rings (SSSR count). The third kappa shape index (κ3) is 3.35. The number of aliphatic imine (C=N–C) groups is 1. The molecule has 0 aliphatic heterocycles. The van der Waals surface area contributed by atoms with E-state index in [1.165, 1.54) is 6.20 Å². The summed E-state index contributed by atoms with van der Waals surface area (Å²) in [5, 5.41) is 0. The van der Waals surface area contributed by atoms with Crippen molar-refractivity contribution in [3.63, 3.8) is 0 Å². The summed E-state index contributed by atoms with van der Waals surface area (Å²) in [6.07, 6.45) is 4.94. The quantitative estimate of drug-likeness (QED) is 0.646. The van der Waals surface area contributed by atoms with Gasteiger partial charge < -0.3 is 5.73 Å². The van der Waals surface area contributed by atoms with Crippen LogP contribution in [-0.2, 0) is 5.88 Å². The molecule has 0 saturated carbocycles. The van der Waals surface area contributed by atoms with Crippen LogP contribution < -0.4 is 5.73 Å². The number of pyridine rings is 1. The van der Waals surface area contributed by atoms with E-state index in [0.717, 1.165) is 17.0 Å². The lowest BCUT2D eigenvalue weighted by Crippen LogP contribution is -2.08. The Hall–Kier alpha value is -1.35. The average molecular weight is 238 g/mol. The molecule has 0 spiro atoms. The first-order valence-electron chi connectivity index (χ1n) is 5.15. The van der Waals surface area contributed by atoms with Crippen molar-refractivity contribution in [3.8, 4) is 0 Å². The highest BCUT2D eigenvalue weighted by atomic mass is 35.5. The first kappa shape index (κ1) is 12.7. The normalized spacial score (nSPS) is 12.6. The van der Waals surface area contributed by atoms with Crippen LogP contribution in [0, 0.1) is 0 Å². The molecule has 4 heteroatoms. The number of hydrogen-bond donors (Lipinski definition) is 1. The minimum atomic E-state index is 0.191. The van der Waals surface area contributed by atoms with Crippen LogP contribution in [0.25, 0.3) is 0 Å². The van der Waals surface area contributed by atoms with E-state index in [1.54, 1.807) is 12.3 Å². The van der Waals surface area contributed by atoms with Crippen molar-refractivity contribution in [2.75, 3.05) is 0 Å². The molecule has 0 aliphatic rings. The second-order valence-electron chi connectivity index (χ2n) is 3.61. The zero-order chi connectivity index (χ0) is 12.0. The number of rotatable bonds is 4. The van der Waals surface area contributed by atoms with Crippen LogP contribution in [0.1, 0.15) is 25.1 Å². The Labute approximate surface area is 101 Å². The molecule has 0 aliphatic carbocycles. The van der Waals surface area contributed by atoms with Crippen molar-refractivity contribution < 1.29 is 0 Å². The van der Waals surface area contributed by atoms with Crippen LogP contribution in [0.4, 0.5) is 0 Å². The molecule has 0 saturated heterocycles. The fourth-order valence-electron chi connectivity index (χ4n) is 1.33. The summed E-state index contributed by atoms with van der Waals surface area (Å²) in [5.41, 5.74) is 7.94. The van der Waals surface area contributed by atoms with Gasteiger partial charge in [0.1, 0.15) is 0 Å². The zero-order valence-electron chi connectivity index (χ0n) is 9.52. The van der Waals surface area contributed by atoms with Gasteiger partial charge >= 0.3 is 0 Å². The fraction of sp³-hybridized carbons (Fsp3) is 0.333. The van der Waals surface area contributed by atoms with E-state index in [2.05, 4.69) is 9.98 Å². The standard InChI is InChI=1S/C12H16ClN3/c1-9(2)16-11(5-6-14)12-10(8-13)4-3-7-15-12/h3-7,9H,8,14H2,1-2H3. The maximum Gasteiger partial charge on any atom is 0.0926 e. The van der Waals surface area contributed by atoms with Gasteiger partial charge in [0, 0.05) is 18.1 Å². The fourth-order valence-corrected chi connectivity index (χ4v) is 1.55. The summed E-state index contributed by atoms with van der Waals surface area (Å²) < 4.78 is 0. The summed E-state index contributed by atoms with van der Waals surface area (Å²) in [6, 6.07) is 3.99. The van der Waals surface area contributed by atoms with Gasteiger partial charge in [-0.05, 0) is 37.8 Å². The van der Waals surface area contributed by atoms with Crippen LogP contribution in [-0.4, -0.2) is 16.7 Å². The van der Waals surface area contributed by atoms with Gasteiger partial charge in [-0.2, -0.15) is 0 Å². The second-order valence-corrected chi connectivity index (χ2v) is 3.88. The predicted molar refractivity (Wildman–Crippen MR) is 68.8 cm³/mol. The number of halogens is 1. The Morgan fingerprint density at radius 1 is 1.62 bits per heavy atom. The van der Waals surface area contributed by atoms with Gasteiger partial charge in [-0.3, -0.25) is 9.98 Å². The second kappa shape index (κ2) is 6.28. The number of nitrogens with zero attached hydrogens (tertiary/aromatic N) is 2. The SMILES string of the molecule is CC(C)N=C(C=CN)c1ncccc1CCl. The molecule has 86 valence electrons. The van der Waals surface area contributed by atoms with E-state index in [4.69, 9.17) is 17.3 Å². The lowest BCUT2D eigenvalue weighted by atomic mass is 10.1. The Kier molecular flexibility index (Phi) is 4.99. The van der Waals surface area contributed by atoms with Crippen LogP contribution in [0.2, 0.25) is 0 Å². The van der Waals surface area contributed by atoms with Crippen LogP contribution in [0.15, 0.2) is 35.6 Å². The molecule has 0 radical (unpaired) electrons. The molecule has 0 unspecified atom stereocenters. The molecule has 1 aromatic heterocycles. The smallest absolute Gasteiger partial charge is 0.0926 e. The molecular formula is C12H16ClN3. The number of hydrogen-bond acceptors (Lipinski definition) is 3. The Balaban J connectivity index is 3.20. The maximum absolute atomic E-state index is 5.86. The highest BCUT2D eigenvalue weighted by Gasteiger charge is 2.07. The van der Waals surface area contributed by atoms with E-state index >= 15 is 0 Å². The van der Waals surface area contributed by atoms with E-state index < -0.39 is 0 Å². The largest absolute Gasteiger partial charge is 0.405 e. The lowest BCUT2D eigenvalue weighted by molar-refractivity contribution is 0.836. The van der Waals surface area contributed by atoms with Gasteiger partial charge in [-0.25, -0.2) is 0 Å². The van der Waals surface area contributed by atoms with Gasteiger partial charge in [0.25, 0.3) is 0 Å². The number of alkyl halides is 1. The molecule has 3 nitrogen and oxygen atoms in total. The summed E-state index contributed by atoms with van der Waals surface area (Å²) in [4.78, 5) is 8.77. The number of nitrogens with two attached hydrogens (primary N) is 1. The van der Waals surface area contributed by atoms with Crippen molar-refractivity contribution in [2.24, 2.45) is 10.7 Å². The van der Waals surface area contributed by atoms with E-state index in [-0.39, 0.29) is 6.04 Å². The number of allylic oxidation sites excluding steroid dienone is 1. The predicted octanol–water partition coefficient (Wildman–Crippen LogP) is 2.49. The molecule has 0 fully saturated rings. The van der Waals surface area contributed by atoms with Crippen molar-refractivity contribution in [1.29, 1.82) is 0 Å². The van der Waals surface area contributed by atoms with Crippen molar-refractivity contribution in [3.05, 3.63) is 41.9 Å².